The highest BCUT2D eigenvalue weighted by Crippen LogP contribution is 2.50. The number of aromatic nitrogens is 2. The van der Waals surface area contributed by atoms with Gasteiger partial charge in [-0.05, 0) is 61.5 Å². The summed E-state index contributed by atoms with van der Waals surface area (Å²) in [7, 11) is 1.42. The second-order valence-electron chi connectivity index (χ2n) is 6.03. The van der Waals surface area contributed by atoms with Gasteiger partial charge in [0.1, 0.15) is 0 Å². The highest BCUT2D eigenvalue weighted by atomic mass is 35.5. The summed E-state index contributed by atoms with van der Waals surface area (Å²) >= 11 is 5.76. The zero-order valence-corrected chi connectivity index (χ0v) is 12.6. The summed E-state index contributed by atoms with van der Waals surface area (Å²) in [5.41, 5.74) is 0.307. The molecule has 3 aliphatic carbocycles. The Kier molecular flexibility index (Phi) is 4.11. The molecule has 0 aliphatic heterocycles. The maximum Gasteiger partial charge on any atom is 0.309 e. The smallest absolute Gasteiger partial charge is 0.309 e. The summed E-state index contributed by atoms with van der Waals surface area (Å²) in [5.74, 6) is 0.112. The molecule has 3 saturated carbocycles. The van der Waals surface area contributed by atoms with Crippen LogP contribution in [0.5, 0.6) is 0 Å². The molecular formula is C15H18ClFN2O2. The molecule has 0 spiro atoms. The van der Waals surface area contributed by atoms with Crippen LogP contribution in [0.4, 0.5) is 4.39 Å². The van der Waals surface area contributed by atoms with Crippen LogP contribution in [0.15, 0.2) is 6.20 Å². The largest absolute Gasteiger partial charge is 0.469 e. The summed E-state index contributed by atoms with van der Waals surface area (Å²) in [4.78, 5) is 19.8. The van der Waals surface area contributed by atoms with Gasteiger partial charge < -0.3 is 4.74 Å². The zero-order valence-electron chi connectivity index (χ0n) is 11.9. The van der Waals surface area contributed by atoms with Crippen molar-refractivity contribution >= 4 is 17.6 Å². The molecule has 0 radical (unpaired) electrons. The number of esters is 1. The van der Waals surface area contributed by atoms with Gasteiger partial charge in [0.05, 0.1) is 24.9 Å². The predicted molar refractivity (Wildman–Crippen MR) is 75.1 cm³/mol. The molecule has 0 aromatic carbocycles. The molecule has 1 aromatic heterocycles. The average Bonchev–Trinajstić information content (AvgIpc) is 2.51. The third-order valence-corrected chi connectivity index (χ3v) is 5.26. The number of nitrogens with zero attached hydrogens (tertiary/aromatic N) is 2. The molecule has 2 atom stereocenters. The Hall–Kier alpha value is -1.23. The Balaban J connectivity index is 1.87. The predicted octanol–water partition coefficient (Wildman–Crippen LogP) is 3.04. The zero-order chi connectivity index (χ0) is 15.0. The van der Waals surface area contributed by atoms with Crippen LogP contribution >= 0.6 is 11.6 Å². The highest BCUT2D eigenvalue weighted by molar-refractivity contribution is 6.28. The minimum absolute atomic E-state index is 0.0435. The van der Waals surface area contributed by atoms with E-state index in [-0.39, 0.29) is 23.1 Å². The molecule has 0 saturated heterocycles. The van der Waals surface area contributed by atoms with Gasteiger partial charge >= 0.3 is 5.97 Å². The van der Waals surface area contributed by atoms with Gasteiger partial charge in [-0.3, -0.25) is 4.79 Å². The Labute approximate surface area is 128 Å². The van der Waals surface area contributed by atoms with E-state index in [1.54, 1.807) is 0 Å². The summed E-state index contributed by atoms with van der Waals surface area (Å²) in [6.07, 6.45) is 5.85. The van der Waals surface area contributed by atoms with E-state index in [2.05, 4.69) is 9.97 Å². The van der Waals surface area contributed by atoms with E-state index in [9.17, 15) is 9.18 Å². The van der Waals surface area contributed by atoms with Crippen molar-refractivity contribution in [2.75, 3.05) is 7.11 Å². The van der Waals surface area contributed by atoms with Gasteiger partial charge in [-0.2, -0.15) is 0 Å². The first kappa shape index (κ1) is 14.7. The maximum absolute atomic E-state index is 13.9. The van der Waals surface area contributed by atoms with Crippen LogP contribution < -0.4 is 0 Å². The van der Waals surface area contributed by atoms with Crippen LogP contribution in [0.2, 0.25) is 5.28 Å². The van der Waals surface area contributed by atoms with E-state index in [4.69, 9.17) is 16.3 Å². The van der Waals surface area contributed by atoms with Gasteiger partial charge in [0.15, 0.2) is 5.82 Å². The lowest BCUT2D eigenvalue weighted by Crippen LogP contribution is -2.45. The Morgan fingerprint density at radius 1 is 1.38 bits per heavy atom. The molecule has 114 valence electrons. The molecule has 0 amide bonds. The lowest BCUT2D eigenvalue weighted by molar-refractivity contribution is -0.156. The van der Waals surface area contributed by atoms with Crippen molar-refractivity contribution < 1.29 is 13.9 Å². The van der Waals surface area contributed by atoms with Crippen molar-refractivity contribution in [2.45, 2.75) is 32.1 Å². The van der Waals surface area contributed by atoms with Crippen LogP contribution in [0.1, 0.15) is 31.4 Å². The summed E-state index contributed by atoms with van der Waals surface area (Å²) in [5, 5.41) is 0.0435. The molecule has 1 heterocycles. The van der Waals surface area contributed by atoms with Crippen molar-refractivity contribution in [2.24, 2.45) is 23.7 Å². The van der Waals surface area contributed by atoms with Crippen molar-refractivity contribution in [1.82, 2.24) is 9.97 Å². The molecule has 21 heavy (non-hydrogen) atoms. The Bertz CT molecular complexity index is 546. The number of carbonyl (C=O) groups excluding carboxylic acids is 1. The number of halogens is 2. The standard InChI is InChI=1S/C15H18ClFN2O2/c1-21-14(20)13-9-4-2-8(3-5-9)10(13)6-12-11(17)7-18-15(16)19-12/h7-10,13H,2-6H2,1H3/t8?,9?,10-,13-/m0/s1. The van der Waals surface area contributed by atoms with E-state index in [0.717, 1.165) is 31.9 Å². The minimum atomic E-state index is -0.454. The maximum atomic E-state index is 13.9. The van der Waals surface area contributed by atoms with E-state index in [0.29, 0.717) is 24.0 Å². The third kappa shape index (κ3) is 2.76. The van der Waals surface area contributed by atoms with E-state index in [1.165, 1.54) is 7.11 Å². The molecule has 1 aromatic rings. The second-order valence-corrected chi connectivity index (χ2v) is 6.36. The van der Waals surface area contributed by atoms with Crippen LogP contribution in [-0.2, 0) is 16.0 Å². The molecule has 0 unspecified atom stereocenters. The first-order chi connectivity index (χ1) is 10.1. The molecule has 3 aliphatic rings. The molecule has 2 bridgehead atoms. The monoisotopic (exact) mass is 312 g/mol. The molecular weight excluding hydrogens is 295 g/mol. The summed E-state index contributed by atoms with van der Waals surface area (Å²) in [6.45, 7) is 0. The van der Waals surface area contributed by atoms with Gasteiger partial charge in [-0.15, -0.1) is 0 Å². The van der Waals surface area contributed by atoms with Gasteiger partial charge in [-0.25, -0.2) is 14.4 Å². The molecule has 4 rings (SSSR count). The fraction of sp³-hybridized carbons (Fsp3) is 0.667. The van der Waals surface area contributed by atoms with Crippen molar-refractivity contribution in [1.29, 1.82) is 0 Å². The molecule has 4 nitrogen and oxygen atoms in total. The number of hydrogen-bond acceptors (Lipinski definition) is 4. The number of methoxy groups -OCH3 is 1. The minimum Gasteiger partial charge on any atom is -0.469 e. The van der Waals surface area contributed by atoms with E-state index in [1.807, 2.05) is 0 Å². The highest BCUT2D eigenvalue weighted by Gasteiger charge is 2.47. The van der Waals surface area contributed by atoms with Crippen molar-refractivity contribution in [3.8, 4) is 0 Å². The first-order valence-corrected chi connectivity index (χ1v) is 7.72. The number of hydrogen-bond donors (Lipinski definition) is 0. The van der Waals surface area contributed by atoms with Gasteiger partial charge in [-0.1, -0.05) is 0 Å². The average molecular weight is 313 g/mol. The fourth-order valence-corrected chi connectivity index (χ4v) is 4.27. The summed E-state index contributed by atoms with van der Waals surface area (Å²) in [6, 6.07) is 0. The Morgan fingerprint density at radius 2 is 2.05 bits per heavy atom. The van der Waals surface area contributed by atoms with Gasteiger partial charge in [0, 0.05) is 0 Å². The topological polar surface area (TPSA) is 52.1 Å². The number of fused-ring (bicyclic) bond motifs is 3. The molecule has 6 heteroatoms. The van der Waals surface area contributed by atoms with E-state index >= 15 is 0 Å². The van der Waals surface area contributed by atoms with Crippen LogP contribution in [0.25, 0.3) is 0 Å². The Morgan fingerprint density at radius 3 is 2.71 bits per heavy atom. The van der Waals surface area contributed by atoms with Crippen molar-refractivity contribution in [3.63, 3.8) is 0 Å². The molecule has 3 fully saturated rings. The first-order valence-electron chi connectivity index (χ1n) is 7.35. The number of ether oxygens (including phenoxy) is 1. The lowest BCUT2D eigenvalue weighted by atomic mass is 9.57. The van der Waals surface area contributed by atoms with Crippen molar-refractivity contribution in [3.05, 3.63) is 23.0 Å². The van der Waals surface area contributed by atoms with Gasteiger partial charge in [0.25, 0.3) is 0 Å². The summed E-state index contributed by atoms with van der Waals surface area (Å²) < 4.78 is 18.8. The van der Waals surface area contributed by atoms with E-state index < -0.39 is 5.82 Å². The second kappa shape index (κ2) is 5.87. The molecule has 0 N–H and O–H groups in total. The third-order valence-electron chi connectivity index (χ3n) is 5.08. The van der Waals surface area contributed by atoms with Crippen LogP contribution in [0.3, 0.4) is 0 Å². The quantitative estimate of drug-likeness (QED) is 0.636. The van der Waals surface area contributed by atoms with Gasteiger partial charge in [0.2, 0.25) is 5.28 Å². The fourth-order valence-electron chi connectivity index (χ4n) is 4.12. The van der Waals surface area contributed by atoms with Crippen LogP contribution in [0, 0.1) is 29.5 Å². The normalized spacial score (nSPS) is 31.2. The SMILES string of the molecule is COC(=O)[C@H]1C2CCC(CC2)[C@@H]1Cc1nc(Cl)ncc1F. The van der Waals surface area contributed by atoms with Crippen LogP contribution in [-0.4, -0.2) is 23.0 Å². The number of carbonyl (C=O) groups is 1. The lowest BCUT2D eigenvalue weighted by Gasteiger charge is -2.47. The number of rotatable bonds is 3.